The number of hydrogen-bond donors (Lipinski definition) is 1. The predicted molar refractivity (Wildman–Crippen MR) is 87.0 cm³/mol. The third-order valence-electron chi connectivity index (χ3n) is 4.29. The molecule has 0 unspecified atom stereocenters. The van der Waals surface area contributed by atoms with Crippen LogP contribution in [0.15, 0.2) is 21.3 Å². The standard InChI is InChI=1S/C16H21N3O3S/c1-19(11-16(21)7-2-3-8-16)14(20)5-4-13-17-15(18-22-13)12-6-9-23-10-12/h6,9-10,21H,2-5,7-8,11H2,1H3. The summed E-state index contributed by atoms with van der Waals surface area (Å²) < 4.78 is 5.20. The molecule has 0 spiro atoms. The predicted octanol–water partition coefficient (Wildman–Crippen LogP) is 2.49. The number of aliphatic hydroxyl groups is 1. The first-order valence-corrected chi connectivity index (χ1v) is 8.81. The molecule has 2 aromatic heterocycles. The summed E-state index contributed by atoms with van der Waals surface area (Å²) in [5, 5.41) is 18.2. The fourth-order valence-electron chi connectivity index (χ4n) is 2.99. The highest BCUT2D eigenvalue weighted by atomic mass is 32.1. The molecule has 2 heterocycles. The molecule has 0 aliphatic heterocycles. The zero-order valence-electron chi connectivity index (χ0n) is 13.2. The van der Waals surface area contributed by atoms with E-state index < -0.39 is 5.60 Å². The second kappa shape index (κ2) is 6.80. The van der Waals surface area contributed by atoms with Crippen molar-refractivity contribution in [1.82, 2.24) is 15.0 Å². The van der Waals surface area contributed by atoms with E-state index in [0.29, 0.717) is 31.1 Å². The maximum absolute atomic E-state index is 12.2. The molecule has 0 saturated heterocycles. The average molecular weight is 335 g/mol. The fraction of sp³-hybridized carbons (Fsp3) is 0.562. The maximum Gasteiger partial charge on any atom is 0.227 e. The summed E-state index contributed by atoms with van der Waals surface area (Å²) in [7, 11) is 1.74. The Kier molecular flexibility index (Phi) is 4.77. The Balaban J connectivity index is 1.50. The van der Waals surface area contributed by atoms with E-state index in [1.165, 1.54) is 0 Å². The van der Waals surface area contributed by atoms with Crippen LogP contribution < -0.4 is 0 Å². The van der Waals surface area contributed by atoms with Gasteiger partial charge in [0.15, 0.2) is 0 Å². The first-order valence-electron chi connectivity index (χ1n) is 7.87. The maximum atomic E-state index is 12.2. The Bertz CT molecular complexity index is 647. The number of rotatable bonds is 6. The number of amides is 1. The summed E-state index contributed by atoms with van der Waals surface area (Å²) in [4.78, 5) is 18.1. The van der Waals surface area contributed by atoms with Crippen LogP contribution in [0, 0.1) is 0 Å². The van der Waals surface area contributed by atoms with Crippen molar-refractivity contribution >= 4 is 17.2 Å². The SMILES string of the molecule is CN(CC1(O)CCCC1)C(=O)CCc1nc(-c2ccsc2)no1. The van der Waals surface area contributed by atoms with Crippen LogP contribution in [0.3, 0.4) is 0 Å². The van der Waals surface area contributed by atoms with Gasteiger partial charge in [0.1, 0.15) is 0 Å². The van der Waals surface area contributed by atoms with Crippen molar-refractivity contribution in [3.05, 3.63) is 22.7 Å². The van der Waals surface area contributed by atoms with Crippen molar-refractivity contribution in [2.45, 2.75) is 44.1 Å². The van der Waals surface area contributed by atoms with Gasteiger partial charge in [0, 0.05) is 37.4 Å². The minimum absolute atomic E-state index is 0.0133. The lowest BCUT2D eigenvalue weighted by molar-refractivity contribution is -0.133. The van der Waals surface area contributed by atoms with Gasteiger partial charge in [0.05, 0.1) is 5.60 Å². The zero-order valence-corrected chi connectivity index (χ0v) is 14.0. The molecular weight excluding hydrogens is 314 g/mol. The van der Waals surface area contributed by atoms with Gasteiger partial charge in [-0.2, -0.15) is 16.3 Å². The van der Waals surface area contributed by atoms with Crippen molar-refractivity contribution in [1.29, 1.82) is 0 Å². The van der Waals surface area contributed by atoms with Crippen molar-refractivity contribution in [2.24, 2.45) is 0 Å². The van der Waals surface area contributed by atoms with Gasteiger partial charge in [0.2, 0.25) is 17.6 Å². The molecule has 23 heavy (non-hydrogen) atoms. The molecular formula is C16H21N3O3S. The van der Waals surface area contributed by atoms with Crippen LogP contribution in [0.4, 0.5) is 0 Å². The highest BCUT2D eigenvalue weighted by molar-refractivity contribution is 7.08. The van der Waals surface area contributed by atoms with Gasteiger partial charge in [-0.25, -0.2) is 0 Å². The first kappa shape index (κ1) is 16.1. The van der Waals surface area contributed by atoms with E-state index in [9.17, 15) is 9.90 Å². The number of thiophene rings is 1. The summed E-state index contributed by atoms with van der Waals surface area (Å²) in [6.07, 6.45) is 4.34. The molecule has 1 fully saturated rings. The van der Waals surface area contributed by atoms with Gasteiger partial charge in [-0.15, -0.1) is 0 Å². The van der Waals surface area contributed by atoms with Gasteiger partial charge < -0.3 is 14.5 Å². The molecule has 0 radical (unpaired) electrons. The lowest BCUT2D eigenvalue weighted by Gasteiger charge is -2.28. The van der Waals surface area contributed by atoms with Crippen molar-refractivity contribution in [3.8, 4) is 11.4 Å². The molecule has 1 aliphatic rings. The molecule has 3 rings (SSSR count). The minimum atomic E-state index is -0.707. The largest absolute Gasteiger partial charge is 0.388 e. The van der Waals surface area contributed by atoms with Crippen LogP contribution in [-0.4, -0.2) is 45.2 Å². The van der Waals surface area contributed by atoms with Gasteiger partial charge in [-0.05, 0) is 24.3 Å². The van der Waals surface area contributed by atoms with Crippen molar-refractivity contribution in [3.63, 3.8) is 0 Å². The van der Waals surface area contributed by atoms with Gasteiger partial charge in [-0.1, -0.05) is 18.0 Å². The van der Waals surface area contributed by atoms with Gasteiger partial charge >= 0.3 is 0 Å². The van der Waals surface area contributed by atoms with E-state index >= 15 is 0 Å². The number of aromatic nitrogens is 2. The van der Waals surface area contributed by atoms with Crippen LogP contribution in [0.1, 0.15) is 38.0 Å². The normalized spacial score (nSPS) is 16.6. The average Bonchev–Trinajstić information content (AvgIpc) is 3.25. The van der Waals surface area contributed by atoms with Crippen LogP contribution in [0.25, 0.3) is 11.4 Å². The van der Waals surface area contributed by atoms with Crippen LogP contribution in [0.2, 0.25) is 0 Å². The molecule has 1 N–H and O–H groups in total. The molecule has 0 aromatic carbocycles. The monoisotopic (exact) mass is 335 g/mol. The molecule has 124 valence electrons. The van der Waals surface area contributed by atoms with Gasteiger partial charge in [0.25, 0.3) is 0 Å². The number of likely N-dealkylation sites (N-methyl/N-ethyl adjacent to an activating group) is 1. The van der Waals surface area contributed by atoms with E-state index in [1.807, 2.05) is 16.8 Å². The second-order valence-corrected chi connectivity index (χ2v) is 6.99. The van der Waals surface area contributed by atoms with Crippen LogP contribution >= 0.6 is 11.3 Å². The molecule has 1 saturated carbocycles. The Morgan fingerprint density at radius 1 is 1.48 bits per heavy atom. The molecule has 1 amide bonds. The smallest absolute Gasteiger partial charge is 0.227 e. The van der Waals surface area contributed by atoms with Crippen molar-refractivity contribution < 1.29 is 14.4 Å². The molecule has 1 aliphatic carbocycles. The Morgan fingerprint density at radius 2 is 2.26 bits per heavy atom. The quantitative estimate of drug-likeness (QED) is 0.877. The topological polar surface area (TPSA) is 79.5 Å². The summed E-state index contributed by atoms with van der Waals surface area (Å²) in [5.74, 6) is 1.01. The van der Waals surface area contributed by atoms with Crippen LogP contribution in [-0.2, 0) is 11.2 Å². The molecule has 2 aromatic rings. The van der Waals surface area contributed by atoms with E-state index in [0.717, 1.165) is 31.2 Å². The lowest BCUT2D eigenvalue weighted by atomic mass is 10.0. The van der Waals surface area contributed by atoms with Gasteiger partial charge in [-0.3, -0.25) is 4.79 Å². The van der Waals surface area contributed by atoms with E-state index in [1.54, 1.807) is 23.3 Å². The number of hydrogen-bond acceptors (Lipinski definition) is 6. The third kappa shape index (κ3) is 3.97. The number of nitrogens with zero attached hydrogens (tertiary/aromatic N) is 3. The summed E-state index contributed by atoms with van der Waals surface area (Å²) in [5.41, 5.74) is 0.220. The lowest BCUT2D eigenvalue weighted by Crippen LogP contribution is -2.42. The summed E-state index contributed by atoms with van der Waals surface area (Å²) >= 11 is 1.57. The minimum Gasteiger partial charge on any atom is -0.388 e. The number of aryl methyl sites for hydroxylation is 1. The highest BCUT2D eigenvalue weighted by Gasteiger charge is 2.33. The second-order valence-electron chi connectivity index (χ2n) is 6.20. The fourth-order valence-corrected chi connectivity index (χ4v) is 3.63. The number of carbonyl (C=O) groups is 1. The highest BCUT2D eigenvalue weighted by Crippen LogP contribution is 2.30. The summed E-state index contributed by atoms with van der Waals surface area (Å²) in [6, 6.07) is 1.93. The molecule has 7 heteroatoms. The first-order chi connectivity index (χ1) is 11.1. The van der Waals surface area contributed by atoms with E-state index in [2.05, 4.69) is 10.1 Å². The molecule has 0 atom stereocenters. The molecule has 0 bridgehead atoms. The van der Waals surface area contributed by atoms with E-state index in [4.69, 9.17) is 4.52 Å². The van der Waals surface area contributed by atoms with E-state index in [-0.39, 0.29) is 5.91 Å². The molecule has 6 nitrogen and oxygen atoms in total. The van der Waals surface area contributed by atoms with Crippen LogP contribution in [0.5, 0.6) is 0 Å². The summed E-state index contributed by atoms with van der Waals surface area (Å²) in [6.45, 7) is 0.399. The Hall–Kier alpha value is -1.73. The van der Waals surface area contributed by atoms with Crippen molar-refractivity contribution in [2.75, 3.05) is 13.6 Å². The Labute approximate surface area is 139 Å². The Morgan fingerprint density at radius 3 is 2.96 bits per heavy atom. The zero-order chi connectivity index (χ0) is 16.3. The number of carbonyl (C=O) groups excluding carboxylic acids is 1. The third-order valence-corrected chi connectivity index (χ3v) is 4.97.